The van der Waals surface area contributed by atoms with Gasteiger partial charge in [0.1, 0.15) is 0 Å². The van der Waals surface area contributed by atoms with Crippen molar-refractivity contribution in [3.05, 3.63) is 16.1 Å². The zero-order valence-corrected chi connectivity index (χ0v) is 9.49. The predicted octanol–water partition coefficient (Wildman–Crippen LogP) is 1.56. The molecule has 0 spiro atoms. The van der Waals surface area contributed by atoms with E-state index < -0.39 is 0 Å². The number of thiazole rings is 1. The first-order valence-electron chi connectivity index (χ1n) is 4.85. The third kappa shape index (κ3) is 3.98. The molecule has 1 rings (SSSR count). The molecule has 0 saturated heterocycles. The van der Waals surface area contributed by atoms with Gasteiger partial charge in [-0.25, -0.2) is 4.98 Å². The quantitative estimate of drug-likeness (QED) is 0.728. The fourth-order valence-corrected chi connectivity index (χ4v) is 1.77. The molecule has 14 heavy (non-hydrogen) atoms. The number of rotatable bonds is 6. The van der Waals surface area contributed by atoms with Gasteiger partial charge >= 0.3 is 0 Å². The van der Waals surface area contributed by atoms with Crippen molar-refractivity contribution in [3.63, 3.8) is 0 Å². The van der Waals surface area contributed by atoms with Crippen molar-refractivity contribution in [3.8, 4) is 0 Å². The van der Waals surface area contributed by atoms with Crippen LogP contribution in [0.4, 0.5) is 0 Å². The van der Waals surface area contributed by atoms with E-state index in [0.717, 1.165) is 23.7 Å². The Kier molecular flexibility index (Phi) is 4.76. The van der Waals surface area contributed by atoms with E-state index in [0.29, 0.717) is 13.0 Å². The lowest BCUT2D eigenvalue weighted by Crippen LogP contribution is -2.24. The molecule has 0 saturated carbocycles. The topological polar surface area (TPSA) is 42.0 Å². The van der Waals surface area contributed by atoms with Gasteiger partial charge in [-0.15, -0.1) is 11.3 Å². The van der Waals surface area contributed by atoms with Crippen molar-refractivity contribution in [2.24, 2.45) is 0 Å². The molecule has 0 bridgehead atoms. The Balaban J connectivity index is 2.27. The summed E-state index contributed by atoms with van der Waals surface area (Å²) in [5.41, 5.74) is 0.899. The van der Waals surface area contributed by atoms with Crippen LogP contribution >= 0.6 is 11.3 Å². The summed E-state index contributed by atoms with van der Waals surface area (Å²) in [6.07, 6.45) is 1.52. The largest absolute Gasteiger partial charge is 0.310 e. The standard InChI is InChI=1S/C10H16N2OS/c1-3-4-11-6-10(13)5-9-7-14-8(2)12-9/h7,11H,3-6H2,1-2H3. The highest BCUT2D eigenvalue weighted by Gasteiger charge is 2.05. The Morgan fingerprint density at radius 1 is 1.64 bits per heavy atom. The molecule has 0 unspecified atom stereocenters. The fraction of sp³-hybridized carbons (Fsp3) is 0.600. The average molecular weight is 212 g/mol. The molecule has 0 radical (unpaired) electrons. The molecular weight excluding hydrogens is 196 g/mol. The summed E-state index contributed by atoms with van der Waals surface area (Å²) in [6, 6.07) is 0. The maximum atomic E-state index is 11.4. The number of hydrogen-bond donors (Lipinski definition) is 1. The monoisotopic (exact) mass is 212 g/mol. The number of carbonyl (C=O) groups is 1. The van der Waals surface area contributed by atoms with Gasteiger partial charge in [0.25, 0.3) is 0 Å². The summed E-state index contributed by atoms with van der Waals surface area (Å²) in [7, 11) is 0. The van der Waals surface area contributed by atoms with Crippen LogP contribution in [0.2, 0.25) is 0 Å². The van der Waals surface area contributed by atoms with Crippen molar-refractivity contribution >= 4 is 17.1 Å². The van der Waals surface area contributed by atoms with Crippen molar-refractivity contribution < 1.29 is 4.79 Å². The fourth-order valence-electron chi connectivity index (χ4n) is 1.16. The van der Waals surface area contributed by atoms with Crippen LogP contribution in [-0.2, 0) is 11.2 Å². The average Bonchev–Trinajstić information content (AvgIpc) is 2.52. The molecule has 78 valence electrons. The maximum Gasteiger partial charge on any atom is 0.152 e. The Morgan fingerprint density at radius 2 is 2.43 bits per heavy atom. The van der Waals surface area contributed by atoms with E-state index in [-0.39, 0.29) is 5.78 Å². The van der Waals surface area contributed by atoms with Gasteiger partial charge in [-0.2, -0.15) is 0 Å². The molecule has 1 N–H and O–H groups in total. The van der Waals surface area contributed by atoms with E-state index in [1.54, 1.807) is 11.3 Å². The van der Waals surface area contributed by atoms with Gasteiger partial charge in [-0.1, -0.05) is 6.92 Å². The molecule has 0 aromatic carbocycles. The summed E-state index contributed by atoms with van der Waals surface area (Å²) in [6.45, 7) is 5.40. The van der Waals surface area contributed by atoms with Crippen molar-refractivity contribution in [2.75, 3.05) is 13.1 Å². The van der Waals surface area contributed by atoms with E-state index in [1.165, 1.54) is 0 Å². The number of aryl methyl sites for hydroxylation is 1. The van der Waals surface area contributed by atoms with Gasteiger partial charge in [0.15, 0.2) is 5.78 Å². The minimum Gasteiger partial charge on any atom is -0.310 e. The van der Waals surface area contributed by atoms with Gasteiger partial charge in [-0.3, -0.25) is 4.79 Å². The molecular formula is C10H16N2OS. The van der Waals surface area contributed by atoms with Crippen LogP contribution in [0.15, 0.2) is 5.38 Å². The van der Waals surface area contributed by atoms with Gasteiger partial charge in [0, 0.05) is 5.38 Å². The first-order chi connectivity index (χ1) is 6.72. The zero-order chi connectivity index (χ0) is 10.4. The highest BCUT2D eigenvalue weighted by molar-refractivity contribution is 7.09. The number of carbonyl (C=O) groups excluding carboxylic acids is 1. The number of nitrogens with one attached hydrogen (secondary N) is 1. The second kappa shape index (κ2) is 5.88. The molecule has 3 nitrogen and oxygen atoms in total. The highest BCUT2D eigenvalue weighted by atomic mass is 32.1. The van der Waals surface area contributed by atoms with E-state index in [4.69, 9.17) is 0 Å². The van der Waals surface area contributed by atoms with Crippen LogP contribution < -0.4 is 5.32 Å². The van der Waals surface area contributed by atoms with Gasteiger partial charge in [0.2, 0.25) is 0 Å². The third-order valence-corrected chi connectivity index (χ3v) is 2.62. The highest BCUT2D eigenvalue weighted by Crippen LogP contribution is 2.08. The first-order valence-corrected chi connectivity index (χ1v) is 5.73. The van der Waals surface area contributed by atoms with Crippen LogP contribution in [0.5, 0.6) is 0 Å². The lowest BCUT2D eigenvalue weighted by Gasteiger charge is -2.00. The molecule has 0 aliphatic carbocycles. The molecule has 0 atom stereocenters. The Morgan fingerprint density at radius 3 is 3.00 bits per heavy atom. The second-order valence-electron chi connectivity index (χ2n) is 3.25. The number of ketones is 1. The van der Waals surface area contributed by atoms with Gasteiger partial charge in [-0.05, 0) is 19.9 Å². The molecule has 0 fully saturated rings. The molecule has 1 aromatic heterocycles. The molecule has 4 heteroatoms. The normalized spacial score (nSPS) is 10.4. The smallest absolute Gasteiger partial charge is 0.152 e. The molecule has 0 amide bonds. The minimum absolute atomic E-state index is 0.212. The Bertz CT molecular complexity index is 296. The van der Waals surface area contributed by atoms with E-state index in [9.17, 15) is 4.79 Å². The van der Waals surface area contributed by atoms with Crippen LogP contribution in [0.25, 0.3) is 0 Å². The van der Waals surface area contributed by atoms with Crippen LogP contribution in [-0.4, -0.2) is 23.9 Å². The molecule has 1 heterocycles. The Labute approximate surface area is 88.6 Å². The van der Waals surface area contributed by atoms with E-state index >= 15 is 0 Å². The number of hydrogen-bond acceptors (Lipinski definition) is 4. The molecule has 0 aliphatic heterocycles. The first kappa shape index (κ1) is 11.3. The van der Waals surface area contributed by atoms with Crippen LogP contribution in [0, 0.1) is 6.92 Å². The lowest BCUT2D eigenvalue weighted by molar-refractivity contribution is -0.117. The SMILES string of the molecule is CCCNCC(=O)Cc1csc(C)n1. The third-order valence-electron chi connectivity index (χ3n) is 1.79. The zero-order valence-electron chi connectivity index (χ0n) is 8.67. The lowest BCUT2D eigenvalue weighted by atomic mass is 10.2. The Hall–Kier alpha value is -0.740. The van der Waals surface area contributed by atoms with Crippen molar-refractivity contribution in [1.29, 1.82) is 0 Å². The molecule has 1 aromatic rings. The molecule has 0 aliphatic rings. The van der Waals surface area contributed by atoms with Gasteiger partial charge in [0.05, 0.1) is 23.7 Å². The van der Waals surface area contributed by atoms with Crippen molar-refractivity contribution in [1.82, 2.24) is 10.3 Å². The maximum absolute atomic E-state index is 11.4. The number of aromatic nitrogens is 1. The minimum atomic E-state index is 0.212. The van der Waals surface area contributed by atoms with Crippen molar-refractivity contribution in [2.45, 2.75) is 26.7 Å². The summed E-state index contributed by atoms with van der Waals surface area (Å²) in [5, 5.41) is 6.06. The van der Waals surface area contributed by atoms with Crippen LogP contribution in [0.3, 0.4) is 0 Å². The number of Topliss-reactive ketones (excluding diaryl/α,β-unsaturated/α-hetero) is 1. The van der Waals surface area contributed by atoms with E-state index in [2.05, 4.69) is 17.2 Å². The second-order valence-corrected chi connectivity index (χ2v) is 4.31. The summed E-state index contributed by atoms with van der Waals surface area (Å²) >= 11 is 1.59. The van der Waals surface area contributed by atoms with Gasteiger partial charge < -0.3 is 5.32 Å². The summed E-state index contributed by atoms with van der Waals surface area (Å²) in [5.74, 6) is 0.212. The summed E-state index contributed by atoms with van der Waals surface area (Å²) in [4.78, 5) is 15.6. The predicted molar refractivity (Wildman–Crippen MR) is 58.7 cm³/mol. The summed E-state index contributed by atoms with van der Waals surface area (Å²) < 4.78 is 0. The van der Waals surface area contributed by atoms with E-state index in [1.807, 2.05) is 12.3 Å². The van der Waals surface area contributed by atoms with Crippen LogP contribution in [0.1, 0.15) is 24.0 Å². The number of nitrogens with zero attached hydrogens (tertiary/aromatic N) is 1.